The van der Waals surface area contributed by atoms with Crippen LogP contribution >= 0.6 is 0 Å². The van der Waals surface area contributed by atoms with Crippen LogP contribution in [0.4, 0.5) is 5.69 Å². The van der Waals surface area contributed by atoms with E-state index < -0.39 is 0 Å². The van der Waals surface area contributed by atoms with Gasteiger partial charge in [-0.2, -0.15) is 5.10 Å². The van der Waals surface area contributed by atoms with E-state index >= 15 is 0 Å². The average Bonchev–Trinajstić information content (AvgIpc) is 3.28. The van der Waals surface area contributed by atoms with Crippen LogP contribution in [0.1, 0.15) is 6.42 Å². The van der Waals surface area contributed by atoms with Crippen LogP contribution in [-0.4, -0.2) is 48.7 Å². The minimum Gasteiger partial charge on any atom is -0.454 e. The highest BCUT2D eigenvalue weighted by atomic mass is 16.3. The van der Waals surface area contributed by atoms with Gasteiger partial charge in [-0.25, -0.2) is 0 Å². The molecule has 0 radical (unpaired) electrons. The Bertz CT molecular complexity index is 1050. The summed E-state index contributed by atoms with van der Waals surface area (Å²) in [4.78, 5) is 15.4. The predicted octanol–water partition coefficient (Wildman–Crippen LogP) is 3.89. The highest BCUT2D eigenvalue weighted by molar-refractivity contribution is 5.97. The SMILES string of the molecule is CN(C)CCCN(C=O)c1ccc2[nH]nc(-c3cc4ccccc4o3)c2c1. The molecular weight excluding hydrogens is 340 g/mol. The number of benzene rings is 2. The van der Waals surface area contributed by atoms with Crippen LogP contribution in [0, 0.1) is 0 Å². The Kier molecular flexibility index (Phi) is 4.64. The van der Waals surface area contributed by atoms with Crippen molar-refractivity contribution in [3.05, 3.63) is 48.5 Å². The number of hydrogen-bond acceptors (Lipinski definition) is 4. The first kappa shape index (κ1) is 17.3. The second kappa shape index (κ2) is 7.25. The van der Waals surface area contributed by atoms with Gasteiger partial charge < -0.3 is 14.2 Å². The number of aromatic nitrogens is 2. The Balaban J connectivity index is 1.69. The number of fused-ring (bicyclic) bond motifs is 2. The lowest BCUT2D eigenvalue weighted by Crippen LogP contribution is -2.25. The van der Waals surface area contributed by atoms with Gasteiger partial charge in [-0.05, 0) is 57.4 Å². The average molecular weight is 362 g/mol. The van der Waals surface area contributed by atoms with Crippen molar-refractivity contribution in [2.24, 2.45) is 0 Å². The molecule has 4 rings (SSSR count). The first-order valence-electron chi connectivity index (χ1n) is 8.99. The molecule has 6 heteroatoms. The molecule has 4 aromatic rings. The Hall–Kier alpha value is -3.12. The molecule has 1 N–H and O–H groups in total. The summed E-state index contributed by atoms with van der Waals surface area (Å²) in [6.45, 7) is 1.60. The molecule has 138 valence electrons. The lowest BCUT2D eigenvalue weighted by atomic mass is 10.1. The van der Waals surface area contributed by atoms with E-state index in [-0.39, 0.29) is 0 Å². The highest BCUT2D eigenvalue weighted by Crippen LogP contribution is 2.33. The minimum absolute atomic E-state index is 0.672. The quantitative estimate of drug-likeness (QED) is 0.507. The molecule has 0 spiro atoms. The monoisotopic (exact) mass is 362 g/mol. The number of rotatable bonds is 7. The molecule has 6 nitrogen and oxygen atoms in total. The van der Waals surface area contributed by atoms with Gasteiger partial charge in [-0.1, -0.05) is 18.2 Å². The van der Waals surface area contributed by atoms with Gasteiger partial charge in [-0.3, -0.25) is 9.89 Å². The molecule has 2 aromatic heterocycles. The third-order valence-corrected chi connectivity index (χ3v) is 4.67. The molecule has 1 amide bonds. The zero-order valence-corrected chi connectivity index (χ0v) is 15.5. The lowest BCUT2D eigenvalue weighted by molar-refractivity contribution is -0.107. The number of amides is 1. The summed E-state index contributed by atoms with van der Waals surface area (Å²) in [7, 11) is 4.06. The number of furan rings is 1. The van der Waals surface area contributed by atoms with E-state index in [9.17, 15) is 4.79 Å². The van der Waals surface area contributed by atoms with Gasteiger partial charge in [0.25, 0.3) is 0 Å². The molecule has 0 bridgehead atoms. The summed E-state index contributed by atoms with van der Waals surface area (Å²) in [6, 6.07) is 15.8. The minimum atomic E-state index is 0.672. The van der Waals surface area contributed by atoms with Crippen molar-refractivity contribution >= 4 is 34.0 Å². The summed E-state index contributed by atoms with van der Waals surface area (Å²) in [5.41, 5.74) is 3.35. The zero-order valence-electron chi connectivity index (χ0n) is 15.5. The molecule has 2 heterocycles. The molecule has 0 saturated heterocycles. The van der Waals surface area contributed by atoms with E-state index in [2.05, 4.69) is 15.1 Å². The topological polar surface area (TPSA) is 65.4 Å². The Morgan fingerprint density at radius 3 is 2.74 bits per heavy atom. The van der Waals surface area contributed by atoms with E-state index in [1.54, 1.807) is 4.90 Å². The van der Waals surface area contributed by atoms with Crippen LogP contribution in [0.3, 0.4) is 0 Å². The van der Waals surface area contributed by atoms with Crippen LogP contribution in [-0.2, 0) is 4.79 Å². The fourth-order valence-corrected chi connectivity index (χ4v) is 3.27. The molecule has 0 atom stereocenters. The van der Waals surface area contributed by atoms with Gasteiger partial charge in [-0.15, -0.1) is 0 Å². The maximum Gasteiger partial charge on any atom is 0.214 e. The Morgan fingerprint density at radius 2 is 1.96 bits per heavy atom. The molecular formula is C21H22N4O2. The van der Waals surface area contributed by atoms with Crippen molar-refractivity contribution in [3.63, 3.8) is 0 Å². The first-order chi connectivity index (χ1) is 13.2. The summed E-state index contributed by atoms with van der Waals surface area (Å²) in [5.74, 6) is 0.713. The maximum atomic E-state index is 11.6. The molecule has 2 aromatic carbocycles. The maximum absolute atomic E-state index is 11.6. The third-order valence-electron chi connectivity index (χ3n) is 4.67. The van der Waals surface area contributed by atoms with Gasteiger partial charge in [0.1, 0.15) is 11.3 Å². The van der Waals surface area contributed by atoms with Crippen molar-refractivity contribution in [3.8, 4) is 11.5 Å². The van der Waals surface area contributed by atoms with Crippen LogP contribution in [0.2, 0.25) is 0 Å². The van der Waals surface area contributed by atoms with Gasteiger partial charge in [0, 0.05) is 23.0 Å². The second-order valence-electron chi connectivity index (χ2n) is 6.91. The van der Waals surface area contributed by atoms with E-state index in [0.717, 1.165) is 52.6 Å². The van der Waals surface area contributed by atoms with Crippen LogP contribution in [0.15, 0.2) is 52.9 Å². The van der Waals surface area contributed by atoms with Crippen LogP contribution in [0.5, 0.6) is 0 Å². The van der Waals surface area contributed by atoms with Gasteiger partial charge in [0.05, 0.1) is 5.52 Å². The first-order valence-corrected chi connectivity index (χ1v) is 8.99. The number of nitrogens with one attached hydrogen (secondary N) is 1. The van der Waals surface area contributed by atoms with E-state index in [4.69, 9.17) is 4.42 Å². The van der Waals surface area contributed by atoms with E-state index in [1.807, 2.05) is 62.6 Å². The molecule has 0 aliphatic heterocycles. The number of nitrogens with zero attached hydrogens (tertiary/aromatic N) is 3. The predicted molar refractivity (Wildman–Crippen MR) is 108 cm³/mol. The molecule has 0 unspecified atom stereocenters. The van der Waals surface area contributed by atoms with Crippen molar-refractivity contribution < 1.29 is 9.21 Å². The molecule has 27 heavy (non-hydrogen) atoms. The summed E-state index contributed by atoms with van der Waals surface area (Å²) in [5, 5.41) is 9.47. The molecule has 0 saturated carbocycles. The van der Waals surface area contributed by atoms with Gasteiger partial charge in [0.2, 0.25) is 6.41 Å². The largest absolute Gasteiger partial charge is 0.454 e. The summed E-state index contributed by atoms with van der Waals surface area (Å²) >= 11 is 0. The van der Waals surface area contributed by atoms with Crippen molar-refractivity contribution in [1.29, 1.82) is 0 Å². The number of anilines is 1. The fourth-order valence-electron chi connectivity index (χ4n) is 3.27. The lowest BCUT2D eigenvalue weighted by Gasteiger charge is -2.19. The Morgan fingerprint density at radius 1 is 1.11 bits per heavy atom. The third kappa shape index (κ3) is 3.44. The number of carbonyl (C=O) groups is 1. The van der Waals surface area contributed by atoms with Crippen LogP contribution < -0.4 is 4.90 Å². The van der Waals surface area contributed by atoms with Gasteiger partial charge >= 0.3 is 0 Å². The normalized spacial score (nSPS) is 11.5. The summed E-state index contributed by atoms with van der Waals surface area (Å²) in [6.07, 6.45) is 1.80. The Labute approximate surface area is 157 Å². The fraction of sp³-hybridized carbons (Fsp3) is 0.238. The number of para-hydroxylation sites is 1. The van der Waals surface area contributed by atoms with E-state index in [0.29, 0.717) is 12.3 Å². The number of hydrogen-bond donors (Lipinski definition) is 1. The van der Waals surface area contributed by atoms with Crippen molar-refractivity contribution in [1.82, 2.24) is 15.1 Å². The van der Waals surface area contributed by atoms with Crippen LogP contribution in [0.25, 0.3) is 33.3 Å². The summed E-state index contributed by atoms with van der Waals surface area (Å²) < 4.78 is 5.97. The smallest absolute Gasteiger partial charge is 0.214 e. The zero-order chi connectivity index (χ0) is 18.8. The standard InChI is InChI=1S/C21H22N4O2/c1-24(2)10-5-11-25(14-26)16-8-9-18-17(13-16)21(23-22-18)20-12-15-6-3-4-7-19(15)27-20/h3-4,6-9,12-14H,5,10-11H2,1-2H3,(H,22,23). The molecule has 0 fully saturated rings. The molecule has 0 aliphatic rings. The number of H-pyrrole nitrogens is 1. The van der Waals surface area contributed by atoms with E-state index in [1.165, 1.54) is 0 Å². The second-order valence-corrected chi connectivity index (χ2v) is 6.91. The van der Waals surface area contributed by atoms with Crippen molar-refractivity contribution in [2.75, 3.05) is 32.1 Å². The number of carbonyl (C=O) groups excluding carboxylic acids is 1. The number of aromatic amines is 1. The van der Waals surface area contributed by atoms with Gasteiger partial charge in [0.15, 0.2) is 5.76 Å². The van der Waals surface area contributed by atoms with Crippen molar-refractivity contribution in [2.45, 2.75) is 6.42 Å². The highest BCUT2D eigenvalue weighted by Gasteiger charge is 2.15. The molecule has 0 aliphatic carbocycles.